The van der Waals surface area contributed by atoms with Gasteiger partial charge in [0.25, 0.3) is 0 Å². The molecule has 1 aromatic rings. The highest BCUT2D eigenvalue weighted by atomic mass is 35.5. The Morgan fingerprint density at radius 1 is 1.28 bits per heavy atom. The van der Waals surface area contributed by atoms with Gasteiger partial charge in [0, 0.05) is 0 Å². The zero-order valence-electron chi connectivity index (χ0n) is 11.0. The molecule has 0 radical (unpaired) electrons. The van der Waals surface area contributed by atoms with Gasteiger partial charge in [-0.25, -0.2) is 9.97 Å². The number of rotatable bonds is 5. The van der Waals surface area contributed by atoms with Crippen molar-refractivity contribution in [3.8, 4) is 5.88 Å². The van der Waals surface area contributed by atoms with Crippen LogP contribution in [0, 0.1) is 5.92 Å². The largest absolute Gasteiger partial charge is 0.477 e. The molecule has 0 N–H and O–H groups in total. The van der Waals surface area contributed by atoms with Gasteiger partial charge >= 0.3 is 0 Å². The maximum absolute atomic E-state index is 6.10. The first-order valence-corrected chi connectivity index (χ1v) is 7.31. The smallest absolute Gasteiger partial charge is 0.221 e. The predicted molar refractivity (Wildman–Crippen MR) is 73.1 cm³/mol. The van der Waals surface area contributed by atoms with Crippen molar-refractivity contribution in [1.29, 1.82) is 0 Å². The summed E-state index contributed by atoms with van der Waals surface area (Å²) in [7, 11) is 0. The molecule has 1 aromatic heterocycles. The minimum atomic E-state index is 0.533. The Labute approximate surface area is 114 Å². The number of hydrogen-bond acceptors (Lipinski definition) is 3. The molecule has 0 spiro atoms. The van der Waals surface area contributed by atoms with E-state index >= 15 is 0 Å². The zero-order valence-corrected chi connectivity index (χ0v) is 11.7. The van der Waals surface area contributed by atoms with Crippen LogP contribution in [0.5, 0.6) is 5.88 Å². The van der Waals surface area contributed by atoms with Gasteiger partial charge in [-0.1, -0.05) is 44.2 Å². The highest BCUT2D eigenvalue weighted by molar-refractivity contribution is 6.30. The van der Waals surface area contributed by atoms with Crippen LogP contribution in [0.4, 0.5) is 0 Å². The predicted octanol–water partition coefficient (Wildman–Crippen LogP) is 4.04. The lowest BCUT2D eigenvalue weighted by molar-refractivity contribution is 0.201. The van der Waals surface area contributed by atoms with E-state index in [4.69, 9.17) is 16.3 Å². The maximum Gasteiger partial charge on any atom is 0.221 e. The van der Waals surface area contributed by atoms with Crippen molar-refractivity contribution in [3.63, 3.8) is 0 Å². The Bertz CT molecular complexity index is 378. The van der Waals surface area contributed by atoms with E-state index in [2.05, 4.69) is 16.9 Å². The van der Waals surface area contributed by atoms with Crippen LogP contribution in [-0.4, -0.2) is 16.6 Å². The lowest BCUT2D eigenvalue weighted by Gasteiger charge is -2.22. The third-order valence-corrected chi connectivity index (χ3v) is 3.86. The summed E-state index contributed by atoms with van der Waals surface area (Å²) in [5.41, 5.74) is 0.956. The molecule has 0 aromatic carbocycles. The van der Waals surface area contributed by atoms with Gasteiger partial charge in [-0.05, 0) is 25.2 Å². The topological polar surface area (TPSA) is 35.0 Å². The second-order valence-electron chi connectivity index (χ2n) is 5.01. The molecule has 0 aliphatic heterocycles. The molecule has 2 rings (SSSR count). The molecule has 0 unspecified atom stereocenters. The second kappa shape index (κ2) is 6.93. The van der Waals surface area contributed by atoms with Crippen LogP contribution in [0.25, 0.3) is 0 Å². The van der Waals surface area contributed by atoms with E-state index in [1.807, 2.05) is 0 Å². The Kier molecular flexibility index (Phi) is 5.24. The first kappa shape index (κ1) is 13.6. The maximum atomic E-state index is 6.10. The lowest BCUT2D eigenvalue weighted by atomic mass is 9.90. The summed E-state index contributed by atoms with van der Waals surface area (Å²) in [5.74, 6) is 1.37. The molecule has 0 atom stereocenters. The molecule has 1 fully saturated rings. The summed E-state index contributed by atoms with van der Waals surface area (Å²) >= 11 is 6.10. The van der Waals surface area contributed by atoms with E-state index in [0.29, 0.717) is 17.0 Å². The number of halogens is 1. The molecular formula is C14H21ClN2O. The Morgan fingerprint density at radius 3 is 2.78 bits per heavy atom. The molecular weight excluding hydrogens is 248 g/mol. The molecule has 0 saturated heterocycles. The van der Waals surface area contributed by atoms with E-state index in [1.54, 1.807) is 0 Å². The van der Waals surface area contributed by atoms with E-state index in [-0.39, 0.29) is 0 Å². The van der Waals surface area contributed by atoms with Crippen molar-refractivity contribution in [2.24, 2.45) is 5.92 Å². The Hall–Kier alpha value is -0.830. The van der Waals surface area contributed by atoms with Crippen LogP contribution < -0.4 is 4.74 Å². The van der Waals surface area contributed by atoms with Crippen LogP contribution in [0.15, 0.2) is 6.33 Å². The molecule has 0 amide bonds. The van der Waals surface area contributed by atoms with E-state index in [9.17, 15) is 0 Å². The van der Waals surface area contributed by atoms with Crippen molar-refractivity contribution >= 4 is 11.6 Å². The third kappa shape index (κ3) is 3.58. The second-order valence-corrected chi connectivity index (χ2v) is 5.37. The van der Waals surface area contributed by atoms with E-state index < -0.39 is 0 Å². The van der Waals surface area contributed by atoms with Crippen molar-refractivity contribution in [2.45, 2.75) is 51.9 Å². The number of ether oxygens (including phenoxy) is 1. The fourth-order valence-corrected chi connectivity index (χ4v) is 2.73. The molecule has 1 aliphatic rings. The van der Waals surface area contributed by atoms with Gasteiger partial charge < -0.3 is 4.74 Å². The molecule has 1 aliphatic carbocycles. The number of hydrogen-bond donors (Lipinski definition) is 0. The molecule has 4 heteroatoms. The molecule has 18 heavy (non-hydrogen) atoms. The first-order valence-electron chi connectivity index (χ1n) is 6.93. The van der Waals surface area contributed by atoms with Gasteiger partial charge in [0.1, 0.15) is 11.5 Å². The summed E-state index contributed by atoms with van der Waals surface area (Å²) in [6.07, 6.45) is 9.98. The van der Waals surface area contributed by atoms with Crippen LogP contribution in [-0.2, 0) is 6.42 Å². The minimum absolute atomic E-state index is 0.533. The summed E-state index contributed by atoms with van der Waals surface area (Å²) in [4.78, 5) is 8.25. The van der Waals surface area contributed by atoms with Crippen molar-refractivity contribution < 1.29 is 4.74 Å². The average molecular weight is 269 g/mol. The van der Waals surface area contributed by atoms with Gasteiger partial charge in [0.15, 0.2) is 0 Å². The molecule has 3 nitrogen and oxygen atoms in total. The third-order valence-electron chi connectivity index (χ3n) is 3.53. The summed E-state index contributed by atoms with van der Waals surface area (Å²) in [6, 6.07) is 0. The SMILES string of the molecule is CCCc1c(Cl)ncnc1OCC1CCCCC1. The summed E-state index contributed by atoms with van der Waals surface area (Å²) in [6.45, 7) is 2.89. The summed E-state index contributed by atoms with van der Waals surface area (Å²) in [5, 5.41) is 0.533. The summed E-state index contributed by atoms with van der Waals surface area (Å²) < 4.78 is 5.87. The van der Waals surface area contributed by atoms with Gasteiger partial charge in [0.05, 0.1) is 12.2 Å². The lowest BCUT2D eigenvalue weighted by Crippen LogP contribution is -2.16. The average Bonchev–Trinajstić information content (AvgIpc) is 2.41. The standard InChI is InChI=1S/C14H21ClN2O/c1-2-6-12-13(15)16-10-17-14(12)18-9-11-7-4-3-5-8-11/h10-11H,2-9H2,1H3. The van der Waals surface area contributed by atoms with Crippen LogP contribution in [0.1, 0.15) is 51.0 Å². The van der Waals surface area contributed by atoms with Gasteiger partial charge in [0.2, 0.25) is 5.88 Å². The molecule has 100 valence electrons. The first-order chi connectivity index (χ1) is 8.81. The quantitative estimate of drug-likeness (QED) is 0.756. The Morgan fingerprint density at radius 2 is 2.06 bits per heavy atom. The van der Waals surface area contributed by atoms with Crippen LogP contribution in [0.2, 0.25) is 5.15 Å². The van der Waals surface area contributed by atoms with Crippen LogP contribution >= 0.6 is 11.6 Å². The monoisotopic (exact) mass is 268 g/mol. The minimum Gasteiger partial charge on any atom is -0.477 e. The van der Waals surface area contributed by atoms with Crippen molar-refractivity contribution in [2.75, 3.05) is 6.61 Å². The van der Waals surface area contributed by atoms with E-state index in [1.165, 1.54) is 38.4 Å². The molecule has 1 heterocycles. The highest BCUT2D eigenvalue weighted by Gasteiger charge is 2.16. The van der Waals surface area contributed by atoms with Gasteiger partial charge in [-0.15, -0.1) is 0 Å². The van der Waals surface area contributed by atoms with E-state index in [0.717, 1.165) is 25.0 Å². The fraction of sp³-hybridized carbons (Fsp3) is 0.714. The van der Waals surface area contributed by atoms with Gasteiger partial charge in [-0.3, -0.25) is 0 Å². The zero-order chi connectivity index (χ0) is 12.8. The van der Waals surface area contributed by atoms with Crippen molar-refractivity contribution in [3.05, 3.63) is 17.0 Å². The normalized spacial score (nSPS) is 16.8. The molecule has 1 saturated carbocycles. The van der Waals surface area contributed by atoms with Crippen molar-refractivity contribution in [1.82, 2.24) is 9.97 Å². The van der Waals surface area contributed by atoms with Gasteiger partial charge in [-0.2, -0.15) is 0 Å². The highest BCUT2D eigenvalue weighted by Crippen LogP contribution is 2.27. The number of nitrogens with zero attached hydrogens (tertiary/aromatic N) is 2. The molecule has 0 bridgehead atoms. The number of aromatic nitrogens is 2. The van der Waals surface area contributed by atoms with Crippen LogP contribution in [0.3, 0.4) is 0 Å². The fourth-order valence-electron chi connectivity index (χ4n) is 2.51. The Balaban J connectivity index is 1.97.